The number of nitrogens with zero attached hydrogens (tertiary/aromatic N) is 2. The van der Waals surface area contributed by atoms with Crippen LogP contribution in [0.3, 0.4) is 0 Å². The van der Waals surface area contributed by atoms with Crippen LogP contribution in [0, 0.1) is 5.92 Å². The van der Waals surface area contributed by atoms with Gasteiger partial charge in [0.05, 0.1) is 10.6 Å². The minimum absolute atomic E-state index is 0.0917. The van der Waals surface area contributed by atoms with Gasteiger partial charge in [0.1, 0.15) is 5.60 Å². The van der Waals surface area contributed by atoms with Crippen molar-refractivity contribution >= 4 is 38.5 Å². The molecule has 0 spiro atoms. The van der Waals surface area contributed by atoms with Crippen molar-refractivity contribution in [3.05, 3.63) is 35.9 Å². The summed E-state index contributed by atoms with van der Waals surface area (Å²) in [4.78, 5) is 26.5. The van der Waals surface area contributed by atoms with E-state index in [0.717, 1.165) is 5.69 Å². The van der Waals surface area contributed by atoms with E-state index in [1.165, 1.54) is 4.31 Å². The summed E-state index contributed by atoms with van der Waals surface area (Å²) >= 11 is 0. The van der Waals surface area contributed by atoms with Crippen molar-refractivity contribution in [1.29, 1.82) is 0 Å². The van der Waals surface area contributed by atoms with Crippen LogP contribution in [0.5, 0.6) is 0 Å². The summed E-state index contributed by atoms with van der Waals surface area (Å²) in [6.45, 7) is 9.09. The largest absolute Gasteiger partial charge is 0.444 e. The lowest BCUT2D eigenvalue weighted by atomic mass is 9.98. The molecule has 0 radical (unpaired) electrons. The highest BCUT2D eigenvalue weighted by Crippen LogP contribution is 2.40. The van der Waals surface area contributed by atoms with Crippen molar-refractivity contribution in [3.8, 4) is 0 Å². The molecule has 2 aromatic carbocycles. The van der Waals surface area contributed by atoms with Crippen LogP contribution in [0.4, 0.5) is 10.5 Å². The van der Waals surface area contributed by atoms with Crippen molar-refractivity contribution in [2.45, 2.75) is 51.0 Å². The highest BCUT2D eigenvalue weighted by molar-refractivity contribution is 7.89. The van der Waals surface area contributed by atoms with Gasteiger partial charge in [-0.3, -0.25) is 4.79 Å². The summed E-state index contributed by atoms with van der Waals surface area (Å²) in [7, 11) is -3.72. The molecule has 178 valence electrons. The van der Waals surface area contributed by atoms with Crippen LogP contribution in [0.25, 0.3) is 10.8 Å². The molecule has 0 bridgehead atoms. The maximum absolute atomic E-state index is 13.5. The summed E-state index contributed by atoms with van der Waals surface area (Å²) in [6, 6.07) is 8.63. The van der Waals surface area contributed by atoms with E-state index in [4.69, 9.17) is 4.74 Å². The van der Waals surface area contributed by atoms with E-state index in [0.29, 0.717) is 55.4 Å². The van der Waals surface area contributed by atoms with E-state index in [1.54, 1.807) is 35.2 Å². The number of benzene rings is 2. The third kappa shape index (κ3) is 4.44. The number of carbonyl (C=O) groups is 2. The molecule has 33 heavy (non-hydrogen) atoms. The van der Waals surface area contributed by atoms with Gasteiger partial charge in [0.15, 0.2) is 0 Å². The minimum atomic E-state index is -3.72. The lowest BCUT2D eigenvalue weighted by Gasteiger charge is -2.31. The number of anilines is 1. The fourth-order valence-electron chi connectivity index (χ4n) is 4.59. The Morgan fingerprint density at radius 3 is 2.48 bits per heavy atom. The summed E-state index contributed by atoms with van der Waals surface area (Å²) in [5, 5.41) is 4.08. The predicted octanol–water partition coefficient (Wildman–Crippen LogP) is 3.75. The van der Waals surface area contributed by atoms with Crippen LogP contribution in [-0.2, 0) is 14.8 Å². The first-order valence-corrected chi connectivity index (χ1v) is 12.8. The van der Waals surface area contributed by atoms with E-state index in [9.17, 15) is 18.0 Å². The number of amides is 2. The molecule has 2 aliphatic heterocycles. The molecular formula is C24H31N3O5S. The van der Waals surface area contributed by atoms with Crippen LogP contribution in [0.15, 0.2) is 35.2 Å². The van der Waals surface area contributed by atoms with Crippen molar-refractivity contribution in [3.63, 3.8) is 0 Å². The van der Waals surface area contributed by atoms with Crippen LogP contribution in [-0.4, -0.2) is 56.5 Å². The first-order chi connectivity index (χ1) is 15.5. The Labute approximate surface area is 194 Å². The van der Waals surface area contributed by atoms with Crippen molar-refractivity contribution < 1.29 is 22.7 Å². The minimum Gasteiger partial charge on any atom is -0.444 e. The Hall–Kier alpha value is -2.65. The van der Waals surface area contributed by atoms with Crippen molar-refractivity contribution in [2.75, 3.05) is 31.1 Å². The zero-order valence-corrected chi connectivity index (χ0v) is 20.4. The van der Waals surface area contributed by atoms with E-state index in [2.05, 4.69) is 5.32 Å². The summed E-state index contributed by atoms with van der Waals surface area (Å²) in [5.74, 6) is 0.0958. The molecule has 2 aliphatic rings. The van der Waals surface area contributed by atoms with Gasteiger partial charge < -0.3 is 15.0 Å². The van der Waals surface area contributed by atoms with E-state index in [-0.39, 0.29) is 16.7 Å². The van der Waals surface area contributed by atoms with Gasteiger partial charge in [-0.15, -0.1) is 0 Å². The maximum atomic E-state index is 13.5. The van der Waals surface area contributed by atoms with Gasteiger partial charge in [-0.1, -0.05) is 12.1 Å². The second-order valence-corrected chi connectivity index (χ2v) is 11.5. The highest BCUT2D eigenvalue weighted by atomic mass is 32.2. The fraction of sp³-hybridized carbons (Fsp3) is 0.500. The van der Waals surface area contributed by atoms with E-state index >= 15 is 0 Å². The predicted molar refractivity (Wildman–Crippen MR) is 127 cm³/mol. The molecule has 4 rings (SSSR count). The number of carbonyl (C=O) groups excluding carboxylic acids is 2. The van der Waals surface area contributed by atoms with Crippen molar-refractivity contribution in [2.24, 2.45) is 5.92 Å². The second kappa shape index (κ2) is 8.61. The standard InChI is InChI=1S/C24H31N3O5S/c1-5-27-19-9-10-20(17-7-6-8-18(21(17)19)22(27)28)33(30,31)26-13-11-16(12-14-26)15-25-23(29)32-24(2,3)4/h6-10,16H,5,11-15H2,1-4H3,(H,25,29). The fourth-order valence-corrected chi connectivity index (χ4v) is 6.25. The molecule has 1 N–H and O–H groups in total. The molecule has 1 saturated heterocycles. The number of sulfonamides is 1. The highest BCUT2D eigenvalue weighted by Gasteiger charge is 2.35. The SMILES string of the molecule is CCN1C(=O)c2cccc3c(S(=O)(=O)N4CCC(CNC(=O)OC(C)(C)C)CC4)ccc1c23. The number of nitrogens with one attached hydrogen (secondary N) is 1. The second-order valence-electron chi connectivity index (χ2n) is 9.59. The van der Waals surface area contributed by atoms with Crippen LogP contribution in [0.2, 0.25) is 0 Å². The number of ether oxygens (including phenoxy) is 1. The van der Waals surface area contributed by atoms with Crippen LogP contribution in [0.1, 0.15) is 50.9 Å². The van der Waals surface area contributed by atoms with Crippen LogP contribution >= 0.6 is 0 Å². The molecule has 2 aromatic rings. The Morgan fingerprint density at radius 1 is 1.15 bits per heavy atom. The lowest BCUT2D eigenvalue weighted by Crippen LogP contribution is -2.42. The average Bonchev–Trinajstić information content (AvgIpc) is 3.04. The number of hydrogen-bond donors (Lipinski definition) is 1. The molecule has 1 fully saturated rings. The molecule has 0 saturated carbocycles. The summed E-state index contributed by atoms with van der Waals surface area (Å²) in [6.07, 6.45) is 0.845. The van der Waals surface area contributed by atoms with Gasteiger partial charge in [-0.05, 0) is 64.7 Å². The average molecular weight is 474 g/mol. The monoisotopic (exact) mass is 473 g/mol. The molecule has 2 heterocycles. The molecule has 0 atom stereocenters. The lowest BCUT2D eigenvalue weighted by molar-refractivity contribution is 0.0513. The topological polar surface area (TPSA) is 96.0 Å². The van der Waals surface area contributed by atoms with Gasteiger partial charge >= 0.3 is 6.09 Å². The first-order valence-electron chi connectivity index (χ1n) is 11.4. The van der Waals surface area contributed by atoms with E-state index < -0.39 is 21.7 Å². The number of hydrogen-bond acceptors (Lipinski definition) is 5. The van der Waals surface area contributed by atoms with Gasteiger partial charge in [0.25, 0.3) is 5.91 Å². The number of rotatable bonds is 5. The Bertz CT molecular complexity index is 1190. The normalized spacial score (nSPS) is 17.6. The van der Waals surface area contributed by atoms with E-state index in [1.807, 2.05) is 27.7 Å². The summed E-state index contributed by atoms with van der Waals surface area (Å²) in [5.41, 5.74) is 0.757. The summed E-state index contributed by atoms with van der Waals surface area (Å²) < 4.78 is 33.9. The molecule has 8 nitrogen and oxygen atoms in total. The van der Waals surface area contributed by atoms with Crippen molar-refractivity contribution in [1.82, 2.24) is 9.62 Å². The number of piperidine rings is 1. The van der Waals surface area contributed by atoms with Gasteiger partial charge in [0.2, 0.25) is 10.0 Å². The zero-order chi connectivity index (χ0) is 24.0. The molecule has 0 aromatic heterocycles. The third-order valence-electron chi connectivity index (χ3n) is 6.19. The third-order valence-corrected chi connectivity index (χ3v) is 8.14. The molecule has 0 aliphatic carbocycles. The van der Waals surface area contributed by atoms with Gasteiger partial charge in [-0.2, -0.15) is 4.31 Å². The Balaban J connectivity index is 1.49. The van der Waals surface area contributed by atoms with Gasteiger partial charge in [-0.25, -0.2) is 13.2 Å². The zero-order valence-electron chi connectivity index (χ0n) is 19.6. The number of alkyl carbamates (subject to hydrolysis) is 1. The first kappa shape index (κ1) is 23.5. The quantitative estimate of drug-likeness (QED) is 0.714. The molecular weight excluding hydrogens is 442 g/mol. The van der Waals surface area contributed by atoms with Gasteiger partial charge in [0, 0.05) is 42.5 Å². The Morgan fingerprint density at radius 2 is 1.85 bits per heavy atom. The maximum Gasteiger partial charge on any atom is 0.407 e. The van der Waals surface area contributed by atoms with Crippen LogP contribution < -0.4 is 10.2 Å². The Kier molecular flexibility index (Phi) is 6.13. The molecule has 0 unspecified atom stereocenters. The smallest absolute Gasteiger partial charge is 0.407 e. The molecule has 9 heteroatoms. The molecule has 2 amide bonds.